The van der Waals surface area contributed by atoms with E-state index in [0.717, 1.165) is 12.8 Å². The Hall–Kier alpha value is -1.83. The quantitative estimate of drug-likeness (QED) is 0.551. The average Bonchev–Trinajstić information content (AvgIpc) is 2.57. The van der Waals surface area contributed by atoms with Crippen LogP contribution in [-0.4, -0.2) is 65.8 Å². The van der Waals surface area contributed by atoms with Crippen molar-refractivity contribution < 1.29 is 24.2 Å². The van der Waals surface area contributed by atoms with Crippen molar-refractivity contribution in [1.82, 2.24) is 15.5 Å². The lowest BCUT2D eigenvalue weighted by Gasteiger charge is -2.33. The van der Waals surface area contributed by atoms with Crippen LogP contribution in [-0.2, 0) is 14.3 Å². The molecule has 162 valence electrons. The number of rotatable bonds is 9. The summed E-state index contributed by atoms with van der Waals surface area (Å²) in [7, 11) is 0. The van der Waals surface area contributed by atoms with Gasteiger partial charge in [0.1, 0.15) is 6.04 Å². The number of hydrogen-bond donors (Lipinski definition) is 3. The molecule has 1 saturated heterocycles. The van der Waals surface area contributed by atoms with Crippen LogP contribution in [0.25, 0.3) is 0 Å². The number of piperidine rings is 1. The predicted octanol–water partition coefficient (Wildman–Crippen LogP) is 2.23. The molecule has 8 nitrogen and oxygen atoms in total. The predicted molar refractivity (Wildman–Crippen MR) is 107 cm³/mol. The maximum absolute atomic E-state index is 12.3. The van der Waals surface area contributed by atoms with Crippen LogP contribution in [0.15, 0.2) is 0 Å². The number of hydrogen-bond acceptors (Lipinski definition) is 4. The lowest BCUT2D eigenvalue weighted by Crippen LogP contribution is -2.48. The van der Waals surface area contributed by atoms with Gasteiger partial charge in [-0.1, -0.05) is 13.8 Å². The number of ether oxygens (including phenoxy) is 1. The summed E-state index contributed by atoms with van der Waals surface area (Å²) < 4.78 is 5.56. The minimum Gasteiger partial charge on any atom is -0.480 e. The first-order chi connectivity index (χ1) is 13.0. The van der Waals surface area contributed by atoms with E-state index in [2.05, 4.69) is 10.6 Å². The van der Waals surface area contributed by atoms with Gasteiger partial charge in [0, 0.05) is 39.1 Å². The molecule has 0 bridgehead atoms. The fourth-order valence-electron chi connectivity index (χ4n) is 3.08. The third-order valence-electron chi connectivity index (χ3n) is 4.52. The number of nitrogens with one attached hydrogen (secondary N) is 2. The molecule has 0 aromatic rings. The number of carboxylic acids is 1. The van der Waals surface area contributed by atoms with Gasteiger partial charge < -0.3 is 25.4 Å². The molecule has 1 rings (SSSR count). The second kappa shape index (κ2) is 11.2. The molecular formula is C20H37N3O5. The van der Waals surface area contributed by atoms with Crippen LogP contribution in [0.1, 0.15) is 60.3 Å². The molecule has 2 unspecified atom stereocenters. The number of urea groups is 1. The number of carboxylic acid groups (broad SMARTS) is 1. The fraction of sp³-hybridized carbons (Fsp3) is 0.850. The maximum Gasteiger partial charge on any atom is 0.326 e. The van der Waals surface area contributed by atoms with Gasteiger partial charge in [-0.25, -0.2) is 9.59 Å². The molecule has 0 aliphatic carbocycles. The van der Waals surface area contributed by atoms with Gasteiger partial charge in [0.25, 0.3) is 0 Å². The van der Waals surface area contributed by atoms with Crippen molar-refractivity contribution in [2.75, 3.05) is 26.2 Å². The highest BCUT2D eigenvalue weighted by Gasteiger charge is 2.27. The van der Waals surface area contributed by atoms with E-state index >= 15 is 0 Å². The summed E-state index contributed by atoms with van der Waals surface area (Å²) >= 11 is 0. The lowest BCUT2D eigenvalue weighted by atomic mass is 9.94. The third-order valence-corrected chi connectivity index (χ3v) is 4.52. The highest BCUT2D eigenvalue weighted by Crippen LogP contribution is 2.20. The zero-order chi connectivity index (χ0) is 21.3. The van der Waals surface area contributed by atoms with Crippen molar-refractivity contribution in [2.24, 2.45) is 11.8 Å². The molecule has 2 atom stereocenters. The molecule has 0 saturated carbocycles. The van der Waals surface area contributed by atoms with Crippen molar-refractivity contribution in [3.8, 4) is 0 Å². The zero-order valence-electron chi connectivity index (χ0n) is 17.9. The van der Waals surface area contributed by atoms with Gasteiger partial charge in [-0.2, -0.15) is 0 Å². The van der Waals surface area contributed by atoms with Crippen LogP contribution >= 0.6 is 0 Å². The smallest absolute Gasteiger partial charge is 0.326 e. The second-order valence-electron chi connectivity index (χ2n) is 8.95. The van der Waals surface area contributed by atoms with E-state index in [1.165, 1.54) is 0 Å². The minimum atomic E-state index is -1.07. The second-order valence-corrected chi connectivity index (χ2v) is 8.95. The summed E-state index contributed by atoms with van der Waals surface area (Å²) in [5, 5.41) is 14.8. The number of nitrogens with zero attached hydrogens (tertiary/aromatic N) is 1. The summed E-state index contributed by atoms with van der Waals surface area (Å²) in [5.74, 6) is -0.939. The number of carbonyl (C=O) groups is 3. The molecule has 28 heavy (non-hydrogen) atoms. The van der Waals surface area contributed by atoms with Crippen LogP contribution in [0.4, 0.5) is 4.79 Å². The number of amides is 3. The van der Waals surface area contributed by atoms with E-state index in [1.807, 2.05) is 34.6 Å². The Balaban J connectivity index is 2.46. The number of aliphatic carboxylic acids is 1. The van der Waals surface area contributed by atoms with Crippen molar-refractivity contribution in [1.29, 1.82) is 0 Å². The summed E-state index contributed by atoms with van der Waals surface area (Å²) in [5.41, 5.74) is -0.352. The third kappa shape index (κ3) is 9.92. The molecule has 0 radical (unpaired) electrons. The summed E-state index contributed by atoms with van der Waals surface area (Å²) in [6.07, 6.45) is 2.13. The highest BCUT2D eigenvalue weighted by atomic mass is 16.5. The van der Waals surface area contributed by atoms with Gasteiger partial charge in [0.05, 0.1) is 5.60 Å². The van der Waals surface area contributed by atoms with E-state index in [4.69, 9.17) is 4.74 Å². The van der Waals surface area contributed by atoms with E-state index in [-0.39, 0.29) is 42.9 Å². The van der Waals surface area contributed by atoms with Gasteiger partial charge in [0.15, 0.2) is 0 Å². The van der Waals surface area contributed by atoms with Crippen LogP contribution in [0.3, 0.4) is 0 Å². The molecule has 1 fully saturated rings. The topological polar surface area (TPSA) is 108 Å². The summed E-state index contributed by atoms with van der Waals surface area (Å²) in [6.45, 7) is 11.8. The molecule has 0 aromatic heterocycles. The Kier molecular flexibility index (Phi) is 9.72. The zero-order valence-corrected chi connectivity index (χ0v) is 17.9. The SMILES string of the molecule is CC(C)CNC(=O)N1CCCC(CC(=O)NC(CCOC(C)(C)C)C(=O)O)C1. The normalized spacial score (nSPS) is 18.6. The Morgan fingerprint density at radius 3 is 2.50 bits per heavy atom. The van der Waals surface area contributed by atoms with Crippen LogP contribution < -0.4 is 10.6 Å². The standard InChI is InChI=1S/C20H37N3O5/c1-14(2)12-21-19(27)23-9-6-7-15(13-23)11-17(24)22-16(18(25)26)8-10-28-20(3,4)5/h14-16H,6-13H2,1-5H3,(H,21,27)(H,22,24)(H,25,26). The molecule has 8 heteroatoms. The summed E-state index contributed by atoms with van der Waals surface area (Å²) in [4.78, 5) is 37.7. The largest absolute Gasteiger partial charge is 0.480 e. The van der Waals surface area contributed by atoms with Gasteiger partial charge >= 0.3 is 12.0 Å². The molecular weight excluding hydrogens is 362 g/mol. The molecule has 1 aliphatic rings. The molecule has 0 aromatic carbocycles. The van der Waals surface area contributed by atoms with Crippen LogP contribution in [0.5, 0.6) is 0 Å². The van der Waals surface area contributed by atoms with Crippen LogP contribution in [0.2, 0.25) is 0 Å². The van der Waals surface area contributed by atoms with E-state index in [1.54, 1.807) is 4.90 Å². The Morgan fingerprint density at radius 2 is 1.93 bits per heavy atom. The first-order valence-electron chi connectivity index (χ1n) is 10.2. The van der Waals surface area contributed by atoms with E-state index in [0.29, 0.717) is 25.6 Å². The van der Waals surface area contributed by atoms with E-state index in [9.17, 15) is 19.5 Å². The molecule has 3 N–H and O–H groups in total. The monoisotopic (exact) mass is 399 g/mol. The van der Waals surface area contributed by atoms with Crippen LogP contribution in [0, 0.1) is 11.8 Å². The van der Waals surface area contributed by atoms with Gasteiger partial charge in [-0.05, 0) is 45.4 Å². The Bertz CT molecular complexity index is 530. The average molecular weight is 400 g/mol. The lowest BCUT2D eigenvalue weighted by molar-refractivity contribution is -0.143. The molecule has 0 spiro atoms. The highest BCUT2D eigenvalue weighted by molar-refractivity contribution is 5.83. The maximum atomic E-state index is 12.3. The Morgan fingerprint density at radius 1 is 1.25 bits per heavy atom. The number of carbonyl (C=O) groups excluding carboxylic acids is 2. The number of likely N-dealkylation sites (tertiary alicyclic amines) is 1. The van der Waals surface area contributed by atoms with Crippen molar-refractivity contribution in [3.05, 3.63) is 0 Å². The van der Waals surface area contributed by atoms with Crippen molar-refractivity contribution in [3.63, 3.8) is 0 Å². The Labute approximate surface area is 168 Å². The fourth-order valence-corrected chi connectivity index (χ4v) is 3.08. The van der Waals surface area contributed by atoms with Crippen molar-refractivity contribution in [2.45, 2.75) is 71.9 Å². The molecule has 1 aliphatic heterocycles. The van der Waals surface area contributed by atoms with Gasteiger partial charge in [0.2, 0.25) is 5.91 Å². The minimum absolute atomic E-state index is 0.0406. The summed E-state index contributed by atoms with van der Waals surface area (Å²) in [6, 6.07) is -1.06. The van der Waals surface area contributed by atoms with Gasteiger partial charge in [-0.15, -0.1) is 0 Å². The van der Waals surface area contributed by atoms with Gasteiger partial charge in [-0.3, -0.25) is 4.79 Å². The molecule has 3 amide bonds. The first-order valence-corrected chi connectivity index (χ1v) is 10.2. The van der Waals surface area contributed by atoms with E-state index < -0.39 is 12.0 Å². The van der Waals surface area contributed by atoms with Crippen molar-refractivity contribution >= 4 is 17.9 Å². The first kappa shape index (κ1) is 24.2. The molecule has 1 heterocycles.